The fourth-order valence-corrected chi connectivity index (χ4v) is 2.67. The number of hydrogen-bond acceptors (Lipinski definition) is 4. The van der Waals surface area contributed by atoms with Gasteiger partial charge in [0, 0.05) is 25.3 Å². The zero-order valence-corrected chi connectivity index (χ0v) is 15.2. The van der Waals surface area contributed by atoms with Crippen molar-refractivity contribution in [2.24, 2.45) is 0 Å². The molecule has 0 aliphatic carbocycles. The first kappa shape index (κ1) is 17.7. The van der Waals surface area contributed by atoms with Gasteiger partial charge in [-0.25, -0.2) is 9.78 Å². The van der Waals surface area contributed by atoms with Crippen molar-refractivity contribution in [3.05, 3.63) is 28.5 Å². The number of ether oxygens (including phenoxy) is 1. The lowest BCUT2D eigenvalue weighted by molar-refractivity contribution is 0.0452. The number of aromatic nitrogens is 1. The Balaban J connectivity index is 1.94. The summed E-state index contributed by atoms with van der Waals surface area (Å²) in [4.78, 5) is 30.2. The first-order valence-electron chi connectivity index (χ1n) is 7.65. The average molecular weight is 384 g/mol. The number of nitrogens with zero attached hydrogens (tertiary/aromatic N) is 2. The minimum absolute atomic E-state index is 0.0688. The zero-order chi connectivity index (χ0) is 17.0. The smallest absolute Gasteiger partial charge is 0.407 e. The molecule has 6 nitrogen and oxygen atoms in total. The number of pyridine rings is 1. The van der Waals surface area contributed by atoms with E-state index in [9.17, 15) is 9.59 Å². The number of carbonyl (C=O) groups excluding carboxylic acids is 2. The lowest BCUT2D eigenvalue weighted by atomic mass is 10.0. The molecular formula is C16H22BrN3O3. The molecule has 1 unspecified atom stereocenters. The first-order chi connectivity index (χ1) is 10.7. The number of likely N-dealkylation sites (tertiary alicyclic amines) is 1. The van der Waals surface area contributed by atoms with Gasteiger partial charge in [0.1, 0.15) is 10.2 Å². The Morgan fingerprint density at radius 2 is 2.13 bits per heavy atom. The van der Waals surface area contributed by atoms with Crippen LogP contribution in [0.1, 0.15) is 44.0 Å². The molecule has 23 heavy (non-hydrogen) atoms. The molecule has 1 aliphatic rings. The molecule has 126 valence electrons. The summed E-state index contributed by atoms with van der Waals surface area (Å²) in [5, 5.41) is 2.84. The van der Waals surface area contributed by atoms with E-state index in [1.54, 1.807) is 23.2 Å². The minimum atomic E-state index is -0.530. The average Bonchev–Trinajstić information content (AvgIpc) is 2.45. The molecular weight excluding hydrogens is 362 g/mol. The highest BCUT2D eigenvalue weighted by atomic mass is 79.9. The largest absolute Gasteiger partial charge is 0.444 e. The highest BCUT2D eigenvalue weighted by Crippen LogP contribution is 2.15. The number of alkyl carbamates (subject to hydrolysis) is 1. The van der Waals surface area contributed by atoms with Crippen LogP contribution < -0.4 is 5.32 Å². The normalized spacial score (nSPS) is 18.4. The molecule has 0 spiro atoms. The molecule has 0 bridgehead atoms. The van der Waals surface area contributed by atoms with Crippen molar-refractivity contribution in [2.45, 2.75) is 45.3 Å². The second kappa shape index (κ2) is 7.29. The van der Waals surface area contributed by atoms with Crippen LogP contribution >= 0.6 is 15.9 Å². The third kappa shape index (κ3) is 5.49. The summed E-state index contributed by atoms with van der Waals surface area (Å²) in [6, 6.07) is 3.39. The van der Waals surface area contributed by atoms with Gasteiger partial charge in [-0.3, -0.25) is 4.79 Å². The van der Waals surface area contributed by atoms with Gasteiger partial charge in [0.25, 0.3) is 5.91 Å². The highest BCUT2D eigenvalue weighted by Gasteiger charge is 2.27. The van der Waals surface area contributed by atoms with Crippen LogP contribution in [0, 0.1) is 0 Å². The standard InChI is InChI=1S/C16H22BrN3O3/c1-16(2,3)23-15(22)19-12-5-4-8-20(10-12)14(21)11-6-7-13(17)18-9-11/h6-7,9,12H,4-5,8,10H2,1-3H3,(H,19,22). The van der Waals surface area contributed by atoms with Crippen molar-refractivity contribution in [2.75, 3.05) is 13.1 Å². The molecule has 1 atom stereocenters. The van der Waals surface area contributed by atoms with Crippen molar-refractivity contribution in [1.82, 2.24) is 15.2 Å². The third-order valence-electron chi connectivity index (χ3n) is 3.40. The van der Waals surface area contributed by atoms with Gasteiger partial charge in [0.2, 0.25) is 0 Å². The van der Waals surface area contributed by atoms with E-state index >= 15 is 0 Å². The van der Waals surface area contributed by atoms with Gasteiger partial charge in [0.15, 0.2) is 0 Å². The summed E-state index contributed by atoms with van der Waals surface area (Å²) in [6.45, 7) is 6.63. The van der Waals surface area contributed by atoms with Crippen LogP contribution in [0.15, 0.2) is 22.9 Å². The number of rotatable bonds is 2. The number of hydrogen-bond donors (Lipinski definition) is 1. The van der Waals surface area contributed by atoms with Crippen molar-refractivity contribution in [3.63, 3.8) is 0 Å². The Bertz CT molecular complexity index is 569. The Hall–Kier alpha value is -1.63. The van der Waals surface area contributed by atoms with E-state index in [2.05, 4.69) is 26.2 Å². The maximum atomic E-state index is 12.5. The van der Waals surface area contributed by atoms with Gasteiger partial charge >= 0.3 is 6.09 Å². The molecule has 0 aromatic carbocycles. The Kier molecular flexibility index (Phi) is 5.62. The predicted octanol–water partition coefficient (Wildman–Crippen LogP) is 2.97. The van der Waals surface area contributed by atoms with Gasteiger partial charge in [-0.1, -0.05) is 0 Å². The molecule has 2 heterocycles. The molecule has 1 aliphatic heterocycles. The molecule has 1 aromatic heterocycles. The number of nitrogens with one attached hydrogen (secondary N) is 1. The topological polar surface area (TPSA) is 71.5 Å². The summed E-state index contributed by atoms with van der Waals surface area (Å²) in [5.41, 5.74) is 0.0169. The van der Waals surface area contributed by atoms with Crippen molar-refractivity contribution in [3.8, 4) is 0 Å². The van der Waals surface area contributed by atoms with Crippen molar-refractivity contribution < 1.29 is 14.3 Å². The number of piperidine rings is 1. The van der Waals surface area contributed by atoms with Crippen LogP contribution in [0.3, 0.4) is 0 Å². The predicted molar refractivity (Wildman–Crippen MR) is 90.2 cm³/mol. The summed E-state index contributed by atoms with van der Waals surface area (Å²) in [5.74, 6) is -0.0688. The minimum Gasteiger partial charge on any atom is -0.444 e. The van der Waals surface area contributed by atoms with Gasteiger partial charge in [-0.05, 0) is 61.7 Å². The van der Waals surface area contributed by atoms with Gasteiger partial charge in [-0.2, -0.15) is 0 Å². The SMILES string of the molecule is CC(C)(C)OC(=O)NC1CCCN(C(=O)c2ccc(Br)nc2)C1. The zero-order valence-electron chi connectivity index (χ0n) is 13.6. The van der Waals surface area contributed by atoms with E-state index in [-0.39, 0.29) is 11.9 Å². The Labute approximate surface area is 144 Å². The summed E-state index contributed by atoms with van der Waals surface area (Å²) < 4.78 is 5.96. The van der Waals surface area contributed by atoms with Crippen LogP contribution in [-0.4, -0.2) is 46.6 Å². The van der Waals surface area contributed by atoms with Crippen molar-refractivity contribution >= 4 is 27.9 Å². The molecule has 1 fully saturated rings. The molecule has 0 radical (unpaired) electrons. The van der Waals surface area contributed by atoms with Crippen LogP contribution in [0.4, 0.5) is 4.79 Å². The molecule has 1 aromatic rings. The van der Waals surface area contributed by atoms with E-state index in [1.165, 1.54) is 0 Å². The quantitative estimate of drug-likeness (QED) is 0.796. The van der Waals surface area contributed by atoms with E-state index in [1.807, 2.05) is 20.8 Å². The maximum absolute atomic E-state index is 12.5. The molecule has 0 saturated carbocycles. The molecule has 1 N–H and O–H groups in total. The van der Waals surface area contributed by atoms with E-state index in [0.717, 1.165) is 12.8 Å². The lowest BCUT2D eigenvalue weighted by Gasteiger charge is -2.33. The van der Waals surface area contributed by atoms with Crippen LogP contribution in [0.25, 0.3) is 0 Å². The number of amides is 2. The third-order valence-corrected chi connectivity index (χ3v) is 3.87. The summed E-state index contributed by atoms with van der Waals surface area (Å²) in [6.07, 6.45) is 2.79. The van der Waals surface area contributed by atoms with Crippen LogP contribution in [0.2, 0.25) is 0 Å². The second-order valence-corrected chi connectivity index (χ2v) is 7.42. The second-order valence-electron chi connectivity index (χ2n) is 6.61. The van der Waals surface area contributed by atoms with Crippen molar-refractivity contribution in [1.29, 1.82) is 0 Å². The van der Waals surface area contributed by atoms with E-state index in [4.69, 9.17) is 4.74 Å². The Morgan fingerprint density at radius 3 is 2.74 bits per heavy atom. The molecule has 2 amide bonds. The van der Waals surface area contributed by atoms with E-state index < -0.39 is 11.7 Å². The summed E-state index contributed by atoms with van der Waals surface area (Å²) >= 11 is 3.25. The van der Waals surface area contributed by atoms with Crippen LogP contribution in [0.5, 0.6) is 0 Å². The van der Waals surface area contributed by atoms with Gasteiger partial charge in [0.05, 0.1) is 5.56 Å². The lowest BCUT2D eigenvalue weighted by Crippen LogP contribution is -2.50. The fourth-order valence-electron chi connectivity index (χ4n) is 2.44. The monoisotopic (exact) mass is 383 g/mol. The fraction of sp³-hybridized carbons (Fsp3) is 0.562. The molecule has 2 rings (SSSR count). The number of halogens is 1. The molecule has 1 saturated heterocycles. The van der Waals surface area contributed by atoms with Gasteiger partial charge < -0.3 is 15.0 Å². The van der Waals surface area contributed by atoms with E-state index in [0.29, 0.717) is 23.3 Å². The van der Waals surface area contributed by atoms with Gasteiger partial charge in [-0.15, -0.1) is 0 Å². The van der Waals surface area contributed by atoms with Crippen LogP contribution in [-0.2, 0) is 4.74 Å². The number of carbonyl (C=O) groups is 2. The first-order valence-corrected chi connectivity index (χ1v) is 8.44. The summed E-state index contributed by atoms with van der Waals surface area (Å²) in [7, 11) is 0. The Morgan fingerprint density at radius 1 is 1.39 bits per heavy atom. The molecule has 7 heteroatoms. The maximum Gasteiger partial charge on any atom is 0.407 e. The highest BCUT2D eigenvalue weighted by molar-refractivity contribution is 9.10.